The molecule has 25 heavy (non-hydrogen) atoms. The highest BCUT2D eigenvalue weighted by Gasteiger charge is 2.15. The lowest BCUT2D eigenvalue weighted by atomic mass is 10.1. The van der Waals surface area contributed by atoms with Gasteiger partial charge in [-0.1, -0.05) is 11.8 Å². The number of nitrogens with zero attached hydrogens (tertiary/aromatic N) is 2. The average Bonchev–Trinajstić information content (AvgIpc) is 3.04. The lowest BCUT2D eigenvalue weighted by Gasteiger charge is -2.12. The molecule has 0 radical (unpaired) electrons. The summed E-state index contributed by atoms with van der Waals surface area (Å²) < 4.78 is 20.3. The van der Waals surface area contributed by atoms with Crippen molar-refractivity contribution in [2.24, 2.45) is 5.73 Å². The number of amides is 1. The molecule has 3 rings (SSSR count). The van der Waals surface area contributed by atoms with Crippen molar-refractivity contribution in [3.8, 4) is 22.7 Å². The van der Waals surface area contributed by atoms with Gasteiger partial charge in [-0.05, 0) is 48.5 Å². The smallest absolute Gasteiger partial charge is 0.227 e. The molecule has 1 aromatic heterocycles. The third-order valence-electron chi connectivity index (χ3n) is 3.54. The van der Waals surface area contributed by atoms with E-state index in [-0.39, 0.29) is 11.6 Å². The highest BCUT2D eigenvalue weighted by molar-refractivity contribution is 7.99. The van der Waals surface area contributed by atoms with Gasteiger partial charge in [0.15, 0.2) is 5.16 Å². The second-order valence-corrected chi connectivity index (χ2v) is 6.16. The number of rotatable bonds is 6. The van der Waals surface area contributed by atoms with E-state index >= 15 is 0 Å². The molecule has 1 heterocycles. The van der Waals surface area contributed by atoms with E-state index < -0.39 is 5.91 Å². The minimum atomic E-state index is -0.426. The van der Waals surface area contributed by atoms with Crippen molar-refractivity contribution in [3.63, 3.8) is 0 Å². The van der Waals surface area contributed by atoms with Gasteiger partial charge < -0.3 is 10.5 Å². The second-order valence-electron chi connectivity index (χ2n) is 5.22. The number of halogens is 1. The first kappa shape index (κ1) is 17.0. The van der Waals surface area contributed by atoms with Crippen molar-refractivity contribution in [2.75, 3.05) is 12.9 Å². The van der Waals surface area contributed by atoms with Crippen LogP contribution in [0, 0.1) is 5.82 Å². The maximum absolute atomic E-state index is 13.3. The molecule has 2 N–H and O–H groups in total. The highest BCUT2D eigenvalue weighted by atomic mass is 32.2. The van der Waals surface area contributed by atoms with E-state index in [9.17, 15) is 9.18 Å². The number of carbonyl (C=O) groups is 1. The fourth-order valence-electron chi connectivity index (χ4n) is 2.38. The lowest BCUT2D eigenvalue weighted by molar-refractivity contribution is -0.115. The van der Waals surface area contributed by atoms with Crippen molar-refractivity contribution < 1.29 is 13.9 Å². The fraction of sp³-hybridized carbons (Fsp3) is 0.111. The predicted molar refractivity (Wildman–Crippen MR) is 95.4 cm³/mol. The Hall–Kier alpha value is -2.80. The van der Waals surface area contributed by atoms with Gasteiger partial charge in [-0.25, -0.2) is 9.37 Å². The number of aromatic nitrogens is 2. The van der Waals surface area contributed by atoms with Gasteiger partial charge >= 0.3 is 0 Å². The molecule has 0 aliphatic rings. The summed E-state index contributed by atoms with van der Waals surface area (Å²) >= 11 is 1.24. The maximum atomic E-state index is 13.3. The van der Waals surface area contributed by atoms with Crippen LogP contribution >= 0.6 is 11.8 Å². The number of thioether (sulfide) groups is 1. The lowest BCUT2D eigenvalue weighted by Crippen LogP contribution is -2.13. The molecule has 0 saturated heterocycles. The van der Waals surface area contributed by atoms with E-state index in [1.165, 1.54) is 23.9 Å². The number of ether oxygens (including phenoxy) is 1. The fourth-order valence-corrected chi connectivity index (χ4v) is 3.11. The van der Waals surface area contributed by atoms with Crippen molar-refractivity contribution in [1.82, 2.24) is 9.55 Å². The van der Waals surface area contributed by atoms with E-state index in [1.807, 2.05) is 28.8 Å². The van der Waals surface area contributed by atoms with E-state index in [1.54, 1.807) is 25.4 Å². The van der Waals surface area contributed by atoms with Crippen LogP contribution in [-0.4, -0.2) is 28.3 Å². The number of hydrogen-bond acceptors (Lipinski definition) is 4. The van der Waals surface area contributed by atoms with Gasteiger partial charge in [0.05, 0.1) is 24.8 Å². The van der Waals surface area contributed by atoms with Gasteiger partial charge in [0.1, 0.15) is 11.6 Å². The second kappa shape index (κ2) is 7.40. The van der Waals surface area contributed by atoms with Crippen LogP contribution in [0.3, 0.4) is 0 Å². The summed E-state index contributed by atoms with van der Waals surface area (Å²) in [6, 6.07) is 13.6. The summed E-state index contributed by atoms with van der Waals surface area (Å²) in [5.74, 6) is 0.117. The molecule has 3 aromatic rings. The molecule has 0 fully saturated rings. The van der Waals surface area contributed by atoms with Crippen LogP contribution in [0.25, 0.3) is 16.9 Å². The summed E-state index contributed by atoms with van der Waals surface area (Å²) in [5.41, 5.74) is 7.73. The van der Waals surface area contributed by atoms with Gasteiger partial charge in [-0.2, -0.15) is 0 Å². The van der Waals surface area contributed by atoms with Crippen LogP contribution < -0.4 is 10.5 Å². The predicted octanol–water partition coefficient (Wildman–Crippen LogP) is 3.26. The Balaban J connectivity index is 2.07. The first-order valence-corrected chi connectivity index (χ1v) is 8.46. The molecule has 0 saturated carbocycles. The van der Waals surface area contributed by atoms with Crippen LogP contribution in [0.1, 0.15) is 0 Å². The normalized spacial score (nSPS) is 10.6. The van der Waals surface area contributed by atoms with Crippen LogP contribution in [0.2, 0.25) is 0 Å². The van der Waals surface area contributed by atoms with Crippen molar-refractivity contribution in [2.45, 2.75) is 5.16 Å². The van der Waals surface area contributed by atoms with Crippen molar-refractivity contribution in [3.05, 3.63) is 60.5 Å². The van der Waals surface area contributed by atoms with Gasteiger partial charge in [-0.15, -0.1) is 0 Å². The summed E-state index contributed by atoms with van der Waals surface area (Å²) in [5, 5.41) is 0.608. The molecule has 2 aromatic carbocycles. The Kier molecular flexibility index (Phi) is 5.04. The zero-order chi connectivity index (χ0) is 17.8. The molecular formula is C18H16FN3O2S. The average molecular weight is 357 g/mol. The molecule has 1 amide bonds. The molecule has 0 aliphatic heterocycles. The van der Waals surface area contributed by atoms with Gasteiger partial charge in [-0.3, -0.25) is 9.36 Å². The molecule has 0 atom stereocenters. The maximum Gasteiger partial charge on any atom is 0.227 e. The SMILES string of the molecule is COc1ccc(-c2cnc(SCC(N)=O)n2-c2ccc(F)cc2)cc1. The van der Waals surface area contributed by atoms with Crippen LogP contribution in [0.4, 0.5) is 4.39 Å². The Morgan fingerprint density at radius 2 is 1.88 bits per heavy atom. The van der Waals surface area contributed by atoms with Crippen LogP contribution in [0.15, 0.2) is 59.9 Å². The van der Waals surface area contributed by atoms with Gasteiger partial charge in [0, 0.05) is 11.3 Å². The van der Waals surface area contributed by atoms with Crippen LogP contribution in [-0.2, 0) is 4.79 Å². The third kappa shape index (κ3) is 3.83. The minimum Gasteiger partial charge on any atom is -0.497 e. The van der Waals surface area contributed by atoms with E-state index in [4.69, 9.17) is 10.5 Å². The zero-order valence-corrected chi connectivity index (χ0v) is 14.3. The zero-order valence-electron chi connectivity index (χ0n) is 13.5. The van der Waals surface area contributed by atoms with E-state index in [2.05, 4.69) is 4.98 Å². The molecule has 0 aliphatic carbocycles. The monoisotopic (exact) mass is 357 g/mol. The molecule has 0 spiro atoms. The Morgan fingerprint density at radius 3 is 2.48 bits per heavy atom. The molecular weight excluding hydrogens is 341 g/mol. The summed E-state index contributed by atoms with van der Waals surface area (Å²) in [4.78, 5) is 15.5. The molecule has 0 bridgehead atoms. The number of benzene rings is 2. The molecule has 128 valence electrons. The standard InChI is InChI=1S/C18H16FN3O2S/c1-24-15-8-2-12(3-9-15)16-10-21-18(25-11-17(20)23)22(16)14-6-4-13(19)5-7-14/h2-10H,11H2,1H3,(H2,20,23). The summed E-state index contributed by atoms with van der Waals surface area (Å²) in [7, 11) is 1.61. The first-order chi connectivity index (χ1) is 12.1. The summed E-state index contributed by atoms with van der Waals surface area (Å²) in [6.45, 7) is 0. The van der Waals surface area contributed by atoms with Crippen molar-refractivity contribution in [1.29, 1.82) is 0 Å². The number of carbonyl (C=O) groups excluding carboxylic acids is 1. The quantitative estimate of drug-likeness (QED) is 0.688. The largest absolute Gasteiger partial charge is 0.497 e. The van der Waals surface area contributed by atoms with Gasteiger partial charge in [0.25, 0.3) is 0 Å². The molecule has 0 unspecified atom stereocenters. The van der Waals surface area contributed by atoms with E-state index in [0.717, 1.165) is 22.7 Å². The number of hydrogen-bond donors (Lipinski definition) is 1. The van der Waals surface area contributed by atoms with Gasteiger partial charge in [0.2, 0.25) is 5.91 Å². The van der Waals surface area contributed by atoms with Crippen LogP contribution in [0.5, 0.6) is 5.75 Å². The Labute approximate surface area is 148 Å². The number of imidazole rings is 1. The van der Waals surface area contributed by atoms with Crippen molar-refractivity contribution >= 4 is 17.7 Å². The molecule has 5 nitrogen and oxygen atoms in total. The third-order valence-corrected chi connectivity index (χ3v) is 4.52. The molecule has 7 heteroatoms. The number of primary amides is 1. The van der Waals surface area contributed by atoms with E-state index in [0.29, 0.717) is 5.16 Å². The Morgan fingerprint density at radius 1 is 1.20 bits per heavy atom. The Bertz CT molecular complexity index is 876. The highest BCUT2D eigenvalue weighted by Crippen LogP contribution is 2.30. The first-order valence-electron chi connectivity index (χ1n) is 7.47. The number of methoxy groups -OCH3 is 1. The number of nitrogens with two attached hydrogens (primary N) is 1. The topological polar surface area (TPSA) is 70.1 Å². The minimum absolute atomic E-state index is 0.111. The summed E-state index contributed by atoms with van der Waals surface area (Å²) in [6.07, 6.45) is 1.72.